The summed E-state index contributed by atoms with van der Waals surface area (Å²) in [4.78, 5) is 14.0. The summed E-state index contributed by atoms with van der Waals surface area (Å²) >= 11 is 0. The molecule has 1 fully saturated rings. The van der Waals surface area contributed by atoms with Gasteiger partial charge < -0.3 is 19.6 Å². The maximum Gasteiger partial charge on any atom is 0.389 e. The van der Waals surface area contributed by atoms with E-state index in [1.165, 1.54) is 0 Å². The monoisotopic (exact) mass is 367 g/mol. The van der Waals surface area contributed by atoms with Crippen LogP contribution in [-0.4, -0.2) is 55.3 Å². The van der Waals surface area contributed by atoms with Crippen molar-refractivity contribution in [3.8, 4) is 0 Å². The molecular formula is C17H20F3N5O. The average molecular weight is 367 g/mol. The second kappa shape index (κ2) is 6.55. The Bertz CT molecular complexity index is 916. The Morgan fingerprint density at radius 1 is 1.35 bits per heavy atom. The number of imidazole rings is 1. The number of fused-ring (bicyclic) bond motifs is 3. The minimum absolute atomic E-state index is 0.0773. The molecule has 140 valence electrons. The summed E-state index contributed by atoms with van der Waals surface area (Å²) in [6.45, 7) is 1.64. The van der Waals surface area contributed by atoms with Crippen LogP contribution in [0.1, 0.15) is 31.1 Å². The van der Waals surface area contributed by atoms with Crippen LogP contribution >= 0.6 is 0 Å². The van der Waals surface area contributed by atoms with Gasteiger partial charge >= 0.3 is 6.18 Å². The normalized spacial score (nSPS) is 19.2. The van der Waals surface area contributed by atoms with Crippen LogP contribution in [0.25, 0.3) is 22.1 Å². The molecule has 0 radical (unpaired) electrons. The van der Waals surface area contributed by atoms with E-state index in [-0.39, 0.29) is 19.1 Å². The van der Waals surface area contributed by atoms with Crippen molar-refractivity contribution in [2.75, 3.05) is 19.6 Å². The van der Waals surface area contributed by atoms with E-state index in [4.69, 9.17) is 0 Å². The summed E-state index contributed by atoms with van der Waals surface area (Å²) < 4.78 is 39.1. The number of aliphatic hydroxyl groups is 1. The highest BCUT2D eigenvalue weighted by atomic mass is 19.4. The predicted octanol–water partition coefficient (Wildman–Crippen LogP) is 2.99. The van der Waals surface area contributed by atoms with Gasteiger partial charge in [-0.2, -0.15) is 13.2 Å². The predicted molar refractivity (Wildman–Crippen MR) is 90.7 cm³/mol. The lowest BCUT2D eigenvalue weighted by Crippen LogP contribution is -2.24. The number of likely N-dealkylation sites (tertiary alicyclic amines) is 1. The van der Waals surface area contributed by atoms with E-state index < -0.39 is 12.6 Å². The molecule has 0 spiro atoms. The van der Waals surface area contributed by atoms with Gasteiger partial charge in [-0.3, -0.25) is 0 Å². The Balaban J connectivity index is 1.59. The maximum atomic E-state index is 12.4. The number of H-pyrrole nitrogens is 1. The molecule has 4 heterocycles. The fourth-order valence-electron chi connectivity index (χ4n) is 3.87. The van der Waals surface area contributed by atoms with E-state index in [0.717, 1.165) is 35.0 Å². The number of hydrogen-bond acceptors (Lipinski definition) is 4. The number of nitrogens with zero attached hydrogens (tertiary/aromatic N) is 4. The van der Waals surface area contributed by atoms with Crippen molar-refractivity contribution in [3.63, 3.8) is 0 Å². The second-order valence-electron chi connectivity index (χ2n) is 6.75. The number of hydrogen-bond donors (Lipinski definition) is 2. The van der Waals surface area contributed by atoms with Crippen LogP contribution in [0, 0.1) is 0 Å². The summed E-state index contributed by atoms with van der Waals surface area (Å²) in [5.74, 6) is 0.567. The Kier molecular flexibility index (Phi) is 4.36. The fourth-order valence-corrected chi connectivity index (χ4v) is 3.87. The fraction of sp³-hybridized carbons (Fsp3) is 0.529. The number of aromatic nitrogens is 4. The molecule has 1 aliphatic heterocycles. The van der Waals surface area contributed by atoms with Gasteiger partial charge in [0.05, 0.1) is 11.7 Å². The molecule has 2 N–H and O–H groups in total. The SMILES string of the molecule is OCc1nc2cnc3[nH]ccc3c2n1[C@H]1CCN(CCCC(F)(F)F)C1. The number of pyridine rings is 1. The lowest BCUT2D eigenvalue weighted by molar-refractivity contribution is -0.136. The van der Waals surface area contributed by atoms with Crippen molar-refractivity contribution in [1.82, 2.24) is 24.4 Å². The highest BCUT2D eigenvalue weighted by Gasteiger charge is 2.30. The van der Waals surface area contributed by atoms with Gasteiger partial charge in [-0.15, -0.1) is 0 Å². The molecule has 0 bridgehead atoms. The smallest absolute Gasteiger partial charge is 0.388 e. The summed E-state index contributed by atoms with van der Waals surface area (Å²) in [5.41, 5.74) is 2.39. The number of rotatable bonds is 5. The first-order valence-corrected chi connectivity index (χ1v) is 8.69. The van der Waals surface area contributed by atoms with Gasteiger partial charge in [0.2, 0.25) is 0 Å². The van der Waals surface area contributed by atoms with Gasteiger partial charge in [0.25, 0.3) is 0 Å². The first kappa shape index (κ1) is 17.3. The number of aromatic amines is 1. The molecule has 0 aromatic carbocycles. The molecule has 0 unspecified atom stereocenters. The van der Waals surface area contributed by atoms with Crippen molar-refractivity contribution < 1.29 is 18.3 Å². The van der Waals surface area contributed by atoms with Crippen molar-refractivity contribution in [3.05, 3.63) is 24.3 Å². The lowest BCUT2D eigenvalue weighted by Gasteiger charge is -2.19. The minimum atomic E-state index is -4.10. The topological polar surface area (TPSA) is 70.0 Å². The van der Waals surface area contributed by atoms with Gasteiger partial charge in [-0.1, -0.05) is 0 Å². The Morgan fingerprint density at radius 3 is 2.96 bits per heavy atom. The summed E-state index contributed by atoms with van der Waals surface area (Å²) in [6, 6.07) is 2.01. The van der Waals surface area contributed by atoms with E-state index >= 15 is 0 Å². The van der Waals surface area contributed by atoms with E-state index in [0.29, 0.717) is 18.9 Å². The van der Waals surface area contributed by atoms with E-state index in [9.17, 15) is 18.3 Å². The van der Waals surface area contributed by atoms with Crippen LogP contribution in [0.15, 0.2) is 18.5 Å². The van der Waals surface area contributed by atoms with E-state index in [1.54, 1.807) is 6.20 Å². The molecular weight excluding hydrogens is 347 g/mol. The Labute approximate surface area is 147 Å². The van der Waals surface area contributed by atoms with Gasteiger partial charge in [0.15, 0.2) is 0 Å². The Hall–Kier alpha value is -2.13. The maximum absolute atomic E-state index is 12.4. The summed E-state index contributed by atoms with van der Waals surface area (Å²) in [6.07, 6.45) is -0.431. The number of alkyl halides is 3. The average Bonchev–Trinajstić information content (AvgIpc) is 3.29. The van der Waals surface area contributed by atoms with Crippen molar-refractivity contribution in [2.45, 2.75) is 38.1 Å². The molecule has 1 atom stereocenters. The standard InChI is InChI=1S/C17H20F3N5O/c18-17(19,20)4-1-6-24-7-3-11(9-24)25-14(10-26)23-13-8-22-16-12(15(13)25)2-5-21-16/h2,5,8,11,26H,1,3-4,6-7,9-10H2,(H,21,22)/t11-/m0/s1. The van der Waals surface area contributed by atoms with E-state index in [2.05, 4.69) is 19.9 Å². The summed E-state index contributed by atoms with van der Waals surface area (Å²) in [7, 11) is 0. The zero-order valence-corrected chi connectivity index (χ0v) is 14.1. The van der Waals surface area contributed by atoms with Gasteiger partial charge in [0.1, 0.15) is 23.6 Å². The molecule has 3 aromatic heterocycles. The van der Waals surface area contributed by atoms with Crippen LogP contribution in [-0.2, 0) is 6.61 Å². The van der Waals surface area contributed by atoms with Crippen molar-refractivity contribution >= 4 is 22.1 Å². The molecule has 0 aliphatic carbocycles. The third-order valence-electron chi connectivity index (χ3n) is 5.00. The van der Waals surface area contributed by atoms with Crippen LogP contribution in [0.5, 0.6) is 0 Å². The summed E-state index contributed by atoms with van der Waals surface area (Å²) in [5, 5.41) is 10.7. The molecule has 3 aromatic rings. The molecule has 9 heteroatoms. The molecule has 1 aliphatic rings. The first-order valence-electron chi connectivity index (χ1n) is 8.69. The zero-order valence-electron chi connectivity index (χ0n) is 14.1. The third-order valence-corrected chi connectivity index (χ3v) is 5.00. The first-order chi connectivity index (χ1) is 12.5. The largest absolute Gasteiger partial charge is 0.389 e. The molecule has 4 rings (SSSR count). The Morgan fingerprint density at radius 2 is 2.19 bits per heavy atom. The highest BCUT2D eigenvalue weighted by molar-refractivity contribution is 6.01. The van der Waals surface area contributed by atoms with Gasteiger partial charge in [0, 0.05) is 37.1 Å². The van der Waals surface area contributed by atoms with E-state index in [1.807, 2.05) is 16.8 Å². The number of halogens is 3. The van der Waals surface area contributed by atoms with Gasteiger partial charge in [-0.25, -0.2) is 9.97 Å². The minimum Gasteiger partial charge on any atom is -0.388 e. The van der Waals surface area contributed by atoms with Crippen LogP contribution in [0.3, 0.4) is 0 Å². The van der Waals surface area contributed by atoms with Crippen molar-refractivity contribution in [1.29, 1.82) is 0 Å². The van der Waals surface area contributed by atoms with Crippen LogP contribution in [0.4, 0.5) is 13.2 Å². The van der Waals surface area contributed by atoms with Gasteiger partial charge in [-0.05, 0) is 25.5 Å². The molecule has 6 nitrogen and oxygen atoms in total. The number of aliphatic hydroxyl groups excluding tert-OH is 1. The molecule has 1 saturated heterocycles. The third kappa shape index (κ3) is 3.16. The van der Waals surface area contributed by atoms with Crippen LogP contribution in [0.2, 0.25) is 0 Å². The molecule has 0 saturated carbocycles. The lowest BCUT2D eigenvalue weighted by atomic mass is 10.2. The quantitative estimate of drug-likeness (QED) is 0.727. The molecule has 0 amide bonds. The van der Waals surface area contributed by atoms with Crippen LogP contribution < -0.4 is 0 Å². The second-order valence-corrected chi connectivity index (χ2v) is 6.75. The molecule has 26 heavy (non-hydrogen) atoms. The zero-order chi connectivity index (χ0) is 18.3. The van der Waals surface area contributed by atoms with Crippen molar-refractivity contribution in [2.24, 2.45) is 0 Å². The highest BCUT2D eigenvalue weighted by Crippen LogP contribution is 2.32. The number of nitrogens with one attached hydrogen (secondary N) is 1.